The number of nitrogens with one attached hydrogen (secondary N) is 1. The average Bonchev–Trinajstić information content (AvgIpc) is 2.56. The molecule has 5 heteroatoms. The molecule has 20 heavy (non-hydrogen) atoms. The molecule has 5 nitrogen and oxygen atoms in total. The zero-order valence-electron chi connectivity index (χ0n) is 11.7. The van der Waals surface area contributed by atoms with E-state index in [-0.39, 0.29) is 0 Å². The van der Waals surface area contributed by atoms with Crippen molar-refractivity contribution in [3.63, 3.8) is 0 Å². The highest BCUT2D eigenvalue weighted by molar-refractivity contribution is 5.61. The second-order valence-corrected chi connectivity index (χ2v) is 5.06. The summed E-state index contributed by atoms with van der Waals surface area (Å²) in [6.45, 7) is 2.03. The van der Waals surface area contributed by atoms with Crippen LogP contribution in [-0.4, -0.2) is 41.1 Å². The third kappa shape index (κ3) is 2.77. The van der Waals surface area contributed by atoms with Gasteiger partial charge in [0, 0.05) is 49.5 Å². The predicted octanol–water partition coefficient (Wildman–Crippen LogP) is 1.73. The Balaban J connectivity index is 1.71. The molecule has 3 heterocycles. The molecular formula is C15H19N5. The standard InChI is InChI=1S/C15H19N5/c1-16-14-4-8-20(9-5-14)15-18-10-13(11-19-15)12-2-6-17-7-3-12/h2-3,6-7,10-11,14,16H,4-5,8-9H2,1H3. The minimum Gasteiger partial charge on any atom is -0.341 e. The van der Waals surface area contributed by atoms with E-state index in [1.54, 1.807) is 12.4 Å². The molecule has 0 atom stereocenters. The molecule has 0 unspecified atom stereocenters. The van der Waals surface area contributed by atoms with Crippen LogP contribution in [0.15, 0.2) is 36.9 Å². The van der Waals surface area contributed by atoms with Crippen molar-refractivity contribution in [3.8, 4) is 11.1 Å². The van der Waals surface area contributed by atoms with Gasteiger partial charge in [-0.2, -0.15) is 0 Å². The molecule has 0 aliphatic carbocycles. The molecule has 2 aromatic heterocycles. The Bertz CT molecular complexity index is 532. The molecule has 0 spiro atoms. The minimum absolute atomic E-state index is 0.627. The summed E-state index contributed by atoms with van der Waals surface area (Å²) in [5.41, 5.74) is 2.13. The van der Waals surface area contributed by atoms with Gasteiger partial charge in [0.25, 0.3) is 0 Å². The van der Waals surface area contributed by atoms with Crippen LogP contribution in [0.4, 0.5) is 5.95 Å². The molecule has 1 fully saturated rings. The lowest BCUT2D eigenvalue weighted by atomic mass is 10.1. The van der Waals surface area contributed by atoms with Crippen LogP contribution in [0.2, 0.25) is 0 Å². The van der Waals surface area contributed by atoms with Crippen LogP contribution in [0.3, 0.4) is 0 Å². The van der Waals surface area contributed by atoms with Crippen molar-refractivity contribution in [2.24, 2.45) is 0 Å². The first-order valence-electron chi connectivity index (χ1n) is 7.01. The van der Waals surface area contributed by atoms with Crippen LogP contribution in [-0.2, 0) is 0 Å². The predicted molar refractivity (Wildman–Crippen MR) is 79.6 cm³/mol. The van der Waals surface area contributed by atoms with Crippen LogP contribution in [0.25, 0.3) is 11.1 Å². The third-order valence-electron chi connectivity index (χ3n) is 3.84. The van der Waals surface area contributed by atoms with Gasteiger partial charge < -0.3 is 10.2 Å². The number of hydrogen-bond acceptors (Lipinski definition) is 5. The lowest BCUT2D eigenvalue weighted by Gasteiger charge is -2.31. The topological polar surface area (TPSA) is 53.9 Å². The van der Waals surface area contributed by atoms with Crippen LogP contribution >= 0.6 is 0 Å². The van der Waals surface area contributed by atoms with Gasteiger partial charge in [-0.3, -0.25) is 4.98 Å². The lowest BCUT2D eigenvalue weighted by Crippen LogP contribution is -2.41. The summed E-state index contributed by atoms with van der Waals surface area (Å²) in [5, 5.41) is 3.33. The van der Waals surface area contributed by atoms with Gasteiger partial charge in [0.05, 0.1) is 0 Å². The fourth-order valence-corrected chi connectivity index (χ4v) is 2.55. The van der Waals surface area contributed by atoms with Gasteiger partial charge in [0.2, 0.25) is 5.95 Å². The first-order valence-corrected chi connectivity index (χ1v) is 7.01. The number of aromatic nitrogens is 3. The molecular weight excluding hydrogens is 250 g/mol. The Labute approximate surface area is 119 Å². The molecule has 1 aliphatic rings. The molecule has 0 saturated carbocycles. The highest BCUT2D eigenvalue weighted by atomic mass is 15.3. The van der Waals surface area contributed by atoms with E-state index >= 15 is 0 Å². The van der Waals surface area contributed by atoms with Gasteiger partial charge in [-0.15, -0.1) is 0 Å². The number of nitrogens with zero attached hydrogens (tertiary/aromatic N) is 4. The molecule has 1 saturated heterocycles. The molecule has 1 aliphatic heterocycles. The molecule has 2 aromatic rings. The van der Waals surface area contributed by atoms with E-state index in [1.165, 1.54) is 0 Å². The van der Waals surface area contributed by atoms with Gasteiger partial charge in [0.1, 0.15) is 0 Å². The van der Waals surface area contributed by atoms with Crippen LogP contribution in [0.1, 0.15) is 12.8 Å². The van der Waals surface area contributed by atoms with Crippen molar-refractivity contribution in [2.45, 2.75) is 18.9 Å². The van der Waals surface area contributed by atoms with Crippen molar-refractivity contribution < 1.29 is 0 Å². The smallest absolute Gasteiger partial charge is 0.225 e. The normalized spacial score (nSPS) is 16.4. The summed E-state index contributed by atoms with van der Waals surface area (Å²) < 4.78 is 0. The van der Waals surface area contributed by atoms with Crippen LogP contribution in [0.5, 0.6) is 0 Å². The maximum Gasteiger partial charge on any atom is 0.225 e. The van der Waals surface area contributed by atoms with Crippen LogP contribution in [0, 0.1) is 0 Å². The van der Waals surface area contributed by atoms with Crippen LogP contribution < -0.4 is 10.2 Å². The highest BCUT2D eigenvalue weighted by Gasteiger charge is 2.19. The SMILES string of the molecule is CNC1CCN(c2ncc(-c3ccncc3)cn2)CC1. The highest BCUT2D eigenvalue weighted by Crippen LogP contribution is 2.20. The van der Waals surface area contributed by atoms with Crippen molar-refractivity contribution in [1.29, 1.82) is 0 Å². The summed E-state index contributed by atoms with van der Waals surface area (Å²) in [6.07, 6.45) is 9.64. The number of hydrogen-bond donors (Lipinski definition) is 1. The molecule has 0 bridgehead atoms. The quantitative estimate of drug-likeness (QED) is 0.919. The second kappa shape index (κ2) is 5.96. The molecule has 3 rings (SSSR count). The molecule has 0 aromatic carbocycles. The van der Waals surface area contributed by atoms with E-state index in [0.29, 0.717) is 6.04 Å². The second-order valence-electron chi connectivity index (χ2n) is 5.06. The summed E-state index contributed by atoms with van der Waals surface area (Å²) in [7, 11) is 2.03. The first-order chi connectivity index (χ1) is 9.86. The zero-order chi connectivity index (χ0) is 13.8. The van der Waals surface area contributed by atoms with Crippen molar-refractivity contribution in [2.75, 3.05) is 25.0 Å². The van der Waals surface area contributed by atoms with E-state index in [0.717, 1.165) is 43.0 Å². The van der Waals surface area contributed by atoms with Gasteiger partial charge in [-0.1, -0.05) is 0 Å². The summed E-state index contributed by atoms with van der Waals surface area (Å²) >= 11 is 0. The van der Waals surface area contributed by atoms with E-state index < -0.39 is 0 Å². The van der Waals surface area contributed by atoms with E-state index in [9.17, 15) is 0 Å². The Morgan fingerprint density at radius 2 is 1.70 bits per heavy atom. The third-order valence-corrected chi connectivity index (χ3v) is 3.84. The summed E-state index contributed by atoms with van der Waals surface area (Å²) in [4.78, 5) is 15.3. The monoisotopic (exact) mass is 269 g/mol. The van der Waals surface area contributed by atoms with Gasteiger partial charge in [-0.25, -0.2) is 9.97 Å². The minimum atomic E-state index is 0.627. The fraction of sp³-hybridized carbons (Fsp3) is 0.400. The lowest BCUT2D eigenvalue weighted by molar-refractivity contribution is 0.439. The summed E-state index contributed by atoms with van der Waals surface area (Å²) in [6, 6.07) is 4.57. The Kier molecular flexibility index (Phi) is 3.87. The maximum absolute atomic E-state index is 4.50. The Morgan fingerprint density at radius 1 is 1.05 bits per heavy atom. The zero-order valence-corrected chi connectivity index (χ0v) is 11.7. The number of anilines is 1. The molecule has 1 N–H and O–H groups in total. The average molecular weight is 269 g/mol. The van der Waals surface area contributed by atoms with Crippen molar-refractivity contribution >= 4 is 5.95 Å². The molecule has 104 valence electrons. The number of pyridine rings is 1. The van der Waals surface area contributed by atoms with E-state index in [1.807, 2.05) is 31.6 Å². The van der Waals surface area contributed by atoms with Crippen molar-refractivity contribution in [1.82, 2.24) is 20.3 Å². The number of piperidine rings is 1. The van der Waals surface area contributed by atoms with E-state index in [2.05, 4.69) is 25.2 Å². The first kappa shape index (κ1) is 13.0. The van der Waals surface area contributed by atoms with Gasteiger partial charge in [-0.05, 0) is 37.6 Å². The Morgan fingerprint density at radius 3 is 2.30 bits per heavy atom. The summed E-state index contributed by atoms with van der Waals surface area (Å²) in [5.74, 6) is 0.831. The molecule has 0 amide bonds. The van der Waals surface area contributed by atoms with E-state index in [4.69, 9.17) is 0 Å². The van der Waals surface area contributed by atoms with Gasteiger partial charge >= 0.3 is 0 Å². The largest absolute Gasteiger partial charge is 0.341 e. The van der Waals surface area contributed by atoms with Gasteiger partial charge in [0.15, 0.2) is 0 Å². The number of rotatable bonds is 3. The fourth-order valence-electron chi connectivity index (χ4n) is 2.55. The Hall–Kier alpha value is -2.01. The van der Waals surface area contributed by atoms with Crippen molar-refractivity contribution in [3.05, 3.63) is 36.9 Å². The molecule has 0 radical (unpaired) electrons. The maximum atomic E-state index is 4.50.